The number of amides is 1. The van der Waals surface area contributed by atoms with Gasteiger partial charge in [0.25, 0.3) is 17.4 Å². The molecule has 2 heterocycles. The van der Waals surface area contributed by atoms with Gasteiger partial charge in [0.05, 0.1) is 12.2 Å². The van der Waals surface area contributed by atoms with Gasteiger partial charge in [0.1, 0.15) is 0 Å². The van der Waals surface area contributed by atoms with E-state index in [9.17, 15) is 23.2 Å². The first-order chi connectivity index (χ1) is 15.7. The number of carbonyl (C=O) groups excluding carboxylic acids is 1. The van der Waals surface area contributed by atoms with Gasteiger partial charge in [-0.1, -0.05) is 36.4 Å². The first kappa shape index (κ1) is 22.6. The fourth-order valence-electron chi connectivity index (χ4n) is 3.77. The topological polar surface area (TPSA) is 77.2 Å². The molecule has 1 amide bonds. The third-order valence-electron chi connectivity index (χ3n) is 5.96. The van der Waals surface area contributed by atoms with E-state index in [2.05, 4.69) is 5.10 Å². The zero-order chi connectivity index (χ0) is 23.8. The van der Waals surface area contributed by atoms with Gasteiger partial charge in [0.2, 0.25) is 5.69 Å². The Morgan fingerprint density at radius 2 is 1.67 bits per heavy atom. The number of carbonyl (C=O) groups is 1. The lowest BCUT2D eigenvalue weighted by Crippen LogP contribution is -2.49. The van der Waals surface area contributed by atoms with Crippen LogP contribution in [0.15, 0.2) is 58.1 Å². The number of alkyl halides is 2. The van der Waals surface area contributed by atoms with Gasteiger partial charge in [-0.2, -0.15) is 9.78 Å². The summed E-state index contributed by atoms with van der Waals surface area (Å²) in [6.07, 6.45) is -0.957. The SMILES string of the molecule is Cc1ccc(-n2nc(C(=O)N3CCC(F)(F)CC3)c(=O)n(Cc3ccccc3)c2=O)cc1C. The number of aryl methyl sites for hydroxylation is 2. The molecule has 1 aliphatic rings. The molecule has 0 spiro atoms. The maximum absolute atomic E-state index is 13.6. The molecule has 0 unspecified atom stereocenters. The van der Waals surface area contributed by atoms with Crippen molar-refractivity contribution in [2.24, 2.45) is 0 Å². The third kappa shape index (κ3) is 4.62. The van der Waals surface area contributed by atoms with Crippen molar-refractivity contribution >= 4 is 5.91 Å². The Labute approximate surface area is 188 Å². The molecular formula is C24H24F2N4O3. The van der Waals surface area contributed by atoms with Crippen molar-refractivity contribution in [1.82, 2.24) is 19.2 Å². The summed E-state index contributed by atoms with van der Waals surface area (Å²) in [6.45, 7) is 3.38. The summed E-state index contributed by atoms with van der Waals surface area (Å²) in [5.74, 6) is -3.59. The number of aromatic nitrogens is 3. The Kier molecular flexibility index (Phi) is 5.97. The molecule has 172 valence electrons. The minimum absolute atomic E-state index is 0.0514. The van der Waals surface area contributed by atoms with Crippen LogP contribution in [0, 0.1) is 13.8 Å². The van der Waals surface area contributed by atoms with Crippen molar-refractivity contribution in [1.29, 1.82) is 0 Å². The molecule has 1 aliphatic heterocycles. The highest BCUT2D eigenvalue weighted by Crippen LogP contribution is 2.28. The van der Waals surface area contributed by atoms with Gasteiger partial charge in [-0.05, 0) is 42.7 Å². The Morgan fingerprint density at radius 1 is 1.00 bits per heavy atom. The standard InChI is InChI=1S/C24H24F2N4O3/c1-16-8-9-19(14-17(16)2)30-23(33)29(15-18-6-4-3-5-7-18)22(32)20(27-30)21(31)28-12-10-24(25,26)11-13-28/h3-9,14H,10-13,15H2,1-2H3. The van der Waals surface area contributed by atoms with Crippen LogP contribution >= 0.6 is 0 Å². The Morgan fingerprint density at radius 3 is 2.30 bits per heavy atom. The highest BCUT2D eigenvalue weighted by Gasteiger charge is 2.37. The van der Waals surface area contributed by atoms with Gasteiger partial charge in [-0.15, -0.1) is 0 Å². The molecule has 33 heavy (non-hydrogen) atoms. The molecule has 1 fully saturated rings. The Hall–Kier alpha value is -3.62. The number of hydrogen-bond acceptors (Lipinski definition) is 4. The van der Waals surface area contributed by atoms with E-state index in [4.69, 9.17) is 0 Å². The van der Waals surface area contributed by atoms with Crippen LogP contribution in [-0.4, -0.2) is 44.2 Å². The van der Waals surface area contributed by atoms with Crippen molar-refractivity contribution < 1.29 is 13.6 Å². The molecule has 1 saturated heterocycles. The number of rotatable bonds is 4. The maximum atomic E-state index is 13.6. The average Bonchev–Trinajstić information content (AvgIpc) is 2.79. The Balaban J connectivity index is 1.84. The lowest BCUT2D eigenvalue weighted by Gasteiger charge is -2.31. The predicted molar refractivity (Wildman–Crippen MR) is 119 cm³/mol. The zero-order valence-electron chi connectivity index (χ0n) is 18.4. The summed E-state index contributed by atoms with van der Waals surface area (Å²) < 4.78 is 29.1. The minimum atomic E-state index is -2.84. The lowest BCUT2D eigenvalue weighted by atomic mass is 10.1. The summed E-state index contributed by atoms with van der Waals surface area (Å²) in [5.41, 5.74) is 1.03. The fraction of sp³-hybridized carbons (Fsp3) is 0.333. The van der Waals surface area contributed by atoms with Crippen LogP contribution < -0.4 is 11.2 Å². The van der Waals surface area contributed by atoms with Gasteiger partial charge in [0, 0.05) is 25.9 Å². The predicted octanol–water partition coefficient (Wildman–Crippen LogP) is 2.93. The van der Waals surface area contributed by atoms with Crippen molar-refractivity contribution in [3.8, 4) is 5.69 Å². The number of nitrogens with zero attached hydrogens (tertiary/aromatic N) is 4. The summed E-state index contributed by atoms with van der Waals surface area (Å²) in [5, 5.41) is 4.12. The van der Waals surface area contributed by atoms with Crippen molar-refractivity contribution in [2.45, 2.75) is 39.2 Å². The number of hydrogen-bond donors (Lipinski definition) is 0. The van der Waals surface area contributed by atoms with Crippen molar-refractivity contribution in [3.05, 3.63) is 91.8 Å². The maximum Gasteiger partial charge on any atom is 0.352 e. The van der Waals surface area contributed by atoms with Gasteiger partial charge in [-0.25, -0.2) is 13.6 Å². The number of piperidine rings is 1. The van der Waals surface area contributed by atoms with Crippen LogP contribution in [0.2, 0.25) is 0 Å². The van der Waals surface area contributed by atoms with Crippen LogP contribution in [0.1, 0.15) is 40.0 Å². The molecule has 7 nitrogen and oxygen atoms in total. The molecule has 0 saturated carbocycles. The Bertz CT molecular complexity index is 1310. The molecule has 1 aromatic heterocycles. The van der Waals surface area contributed by atoms with Gasteiger partial charge in [-0.3, -0.25) is 14.2 Å². The average molecular weight is 454 g/mol. The normalized spacial score (nSPS) is 15.5. The van der Waals surface area contributed by atoms with E-state index in [1.54, 1.807) is 36.4 Å². The number of likely N-dealkylation sites (tertiary alicyclic amines) is 1. The van der Waals surface area contributed by atoms with Crippen LogP contribution in [0.5, 0.6) is 0 Å². The molecule has 0 N–H and O–H groups in total. The van der Waals surface area contributed by atoms with Crippen LogP contribution in [0.25, 0.3) is 5.69 Å². The smallest absolute Gasteiger partial charge is 0.337 e. The lowest BCUT2D eigenvalue weighted by molar-refractivity contribution is -0.0495. The van der Waals surface area contributed by atoms with Gasteiger partial charge < -0.3 is 4.90 Å². The molecular weight excluding hydrogens is 430 g/mol. The monoisotopic (exact) mass is 454 g/mol. The second-order valence-corrected chi connectivity index (χ2v) is 8.34. The quantitative estimate of drug-likeness (QED) is 0.608. The highest BCUT2D eigenvalue weighted by molar-refractivity contribution is 5.91. The number of benzene rings is 2. The van der Waals surface area contributed by atoms with Crippen molar-refractivity contribution in [2.75, 3.05) is 13.1 Å². The first-order valence-corrected chi connectivity index (χ1v) is 10.7. The van der Waals surface area contributed by atoms with Crippen LogP contribution in [0.4, 0.5) is 8.78 Å². The molecule has 3 aromatic rings. The van der Waals surface area contributed by atoms with E-state index in [-0.39, 0.29) is 19.6 Å². The third-order valence-corrected chi connectivity index (χ3v) is 5.96. The summed E-state index contributed by atoms with van der Waals surface area (Å²) >= 11 is 0. The van der Waals surface area contributed by atoms with Crippen molar-refractivity contribution in [3.63, 3.8) is 0 Å². The molecule has 0 atom stereocenters. The van der Waals surface area contributed by atoms with E-state index < -0.39 is 41.6 Å². The number of halogens is 2. The van der Waals surface area contributed by atoms with E-state index in [1.807, 2.05) is 26.0 Å². The summed E-state index contributed by atoms with van der Waals surface area (Å²) in [4.78, 5) is 40.8. The first-order valence-electron chi connectivity index (χ1n) is 10.7. The molecule has 2 aromatic carbocycles. The molecule has 0 bridgehead atoms. The van der Waals surface area contributed by atoms with E-state index in [0.29, 0.717) is 11.3 Å². The molecule has 0 aliphatic carbocycles. The second-order valence-electron chi connectivity index (χ2n) is 8.34. The molecule has 9 heteroatoms. The summed E-state index contributed by atoms with van der Waals surface area (Å²) in [6, 6.07) is 14.2. The highest BCUT2D eigenvalue weighted by atomic mass is 19.3. The van der Waals surface area contributed by atoms with Gasteiger partial charge in [0.15, 0.2) is 0 Å². The van der Waals surface area contributed by atoms with E-state index in [1.165, 1.54) is 4.90 Å². The second kappa shape index (κ2) is 8.73. The largest absolute Gasteiger partial charge is 0.352 e. The van der Waals surface area contributed by atoms with Gasteiger partial charge >= 0.3 is 5.69 Å². The fourth-order valence-corrected chi connectivity index (χ4v) is 3.77. The molecule has 4 rings (SSSR count). The molecule has 0 radical (unpaired) electrons. The van der Waals surface area contributed by atoms with E-state index >= 15 is 0 Å². The zero-order valence-corrected chi connectivity index (χ0v) is 18.4. The van der Waals surface area contributed by atoms with Crippen LogP contribution in [-0.2, 0) is 6.54 Å². The minimum Gasteiger partial charge on any atom is -0.337 e. The summed E-state index contributed by atoms with van der Waals surface area (Å²) in [7, 11) is 0. The van der Waals surface area contributed by atoms with Crippen LogP contribution in [0.3, 0.4) is 0 Å². The van der Waals surface area contributed by atoms with E-state index in [0.717, 1.165) is 20.4 Å².